The van der Waals surface area contributed by atoms with Crippen LogP contribution in [0.5, 0.6) is 0 Å². The van der Waals surface area contributed by atoms with Crippen molar-refractivity contribution < 1.29 is 14.3 Å². The van der Waals surface area contributed by atoms with Crippen molar-refractivity contribution in [1.29, 1.82) is 0 Å². The van der Waals surface area contributed by atoms with E-state index in [0.717, 1.165) is 37.0 Å². The van der Waals surface area contributed by atoms with Gasteiger partial charge in [0.25, 0.3) is 0 Å². The van der Waals surface area contributed by atoms with Gasteiger partial charge in [0.1, 0.15) is 6.04 Å². The summed E-state index contributed by atoms with van der Waals surface area (Å²) in [6.45, 7) is 1.64. The van der Waals surface area contributed by atoms with Gasteiger partial charge in [-0.15, -0.1) is 0 Å². The number of ether oxygens (including phenoxy) is 1. The molecule has 0 saturated heterocycles. The van der Waals surface area contributed by atoms with Crippen LogP contribution in [-0.2, 0) is 9.53 Å². The maximum atomic E-state index is 12.1. The lowest BCUT2D eigenvalue weighted by atomic mass is 9.53. The van der Waals surface area contributed by atoms with Crippen LogP contribution < -0.4 is 10.6 Å². The van der Waals surface area contributed by atoms with Gasteiger partial charge in [0.15, 0.2) is 0 Å². The van der Waals surface area contributed by atoms with E-state index in [2.05, 4.69) is 15.4 Å². The zero-order chi connectivity index (χ0) is 14.3. The predicted molar refractivity (Wildman–Crippen MR) is 74.0 cm³/mol. The second kappa shape index (κ2) is 4.93. The van der Waals surface area contributed by atoms with Gasteiger partial charge in [-0.1, -0.05) is 0 Å². The Morgan fingerprint density at radius 1 is 1.10 bits per heavy atom. The van der Waals surface area contributed by atoms with E-state index in [0.29, 0.717) is 0 Å². The minimum atomic E-state index is -0.603. The summed E-state index contributed by atoms with van der Waals surface area (Å²) in [4.78, 5) is 23.5. The Morgan fingerprint density at radius 2 is 1.60 bits per heavy atom. The average Bonchev–Trinajstić information content (AvgIpc) is 2.34. The van der Waals surface area contributed by atoms with E-state index >= 15 is 0 Å². The number of methoxy groups -OCH3 is 1. The summed E-state index contributed by atoms with van der Waals surface area (Å²) >= 11 is 0. The van der Waals surface area contributed by atoms with Crippen molar-refractivity contribution in [2.45, 2.75) is 57.0 Å². The quantitative estimate of drug-likeness (QED) is 0.775. The number of esters is 1. The van der Waals surface area contributed by atoms with Crippen LogP contribution in [0.1, 0.15) is 45.4 Å². The maximum absolute atomic E-state index is 12.1. The summed E-state index contributed by atoms with van der Waals surface area (Å²) < 4.78 is 4.63. The highest BCUT2D eigenvalue weighted by atomic mass is 16.5. The molecule has 20 heavy (non-hydrogen) atoms. The molecule has 4 bridgehead atoms. The Bertz CT molecular complexity index is 386. The molecular formula is C15H24N2O3. The lowest BCUT2D eigenvalue weighted by molar-refractivity contribution is -0.142. The average molecular weight is 280 g/mol. The maximum Gasteiger partial charge on any atom is 0.328 e. The minimum Gasteiger partial charge on any atom is -0.467 e. The summed E-state index contributed by atoms with van der Waals surface area (Å²) in [5, 5.41) is 5.86. The van der Waals surface area contributed by atoms with Gasteiger partial charge in [0, 0.05) is 5.54 Å². The molecule has 0 aromatic heterocycles. The van der Waals surface area contributed by atoms with E-state index in [1.54, 1.807) is 6.92 Å². The van der Waals surface area contributed by atoms with Crippen molar-refractivity contribution in [2.75, 3.05) is 7.11 Å². The highest BCUT2D eigenvalue weighted by Crippen LogP contribution is 2.55. The number of rotatable bonds is 3. The molecule has 0 aromatic rings. The molecule has 2 N–H and O–H groups in total. The zero-order valence-electron chi connectivity index (χ0n) is 12.3. The number of carbonyl (C=O) groups excluding carboxylic acids is 2. The first-order chi connectivity index (χ1) is 9.49. The third-order valence-electron chi connectivity index (χ3n) is 5.32. The summed E-state index contributed by atoms with van der Waals surface area (Å²) in [6.07, 6.45) is 7.38. The van der Waals surface area contributed by atoms with Gasteiger partial charge in [-0.05, 0) is 63.2 Å². The Balaban J connectivity index is 1.60. The SMILES string of the molecule is COC(=O)[C@@H](C)NC(=O)NC12CC3CC(CC(C3)C1)C2. The zero-order valence-corrected chi connectivity index (χ0v) is 12.3. The highest BCUT2D eigenvalue weighted by molar-refractivity contribution is 5.83. The molecule has 0 aromatic carbocycles. The second-order valence-corrected chi connectivity index (χ2v) is 7.04. The van der Waals surface area contributed by atoms with Crippen molar-refractivity contribution in [3.05, 3.63) is 0 Å². The van der Waals surface area contributed by atoms with Crippen LogP contribution in [0.2, 0.25) is 0 Å². The van der Waals surface area contributed by atoms with Crippen LogP contribution in [0.3, 0.4) is 0 Å². The molecule has 2 amide bonds. The third-order valence-corrected chi connectivity index (χ3v) is 5.32. The van der Waals surface area contributed by atoms with E-state index in [1.165, 1.54) is 26.4 Å². The van der Waals surface area contributed by atoms with Crippen LogP contribution in [0.4, 0.5) is 4.79 Å². The van der Waals surface area contributed by atoms with Crippen molar-refractivity contribution in [2.24, 2.45) is 17.8 Å². The van der Waals surface area contributed by atoms with Gasteiger partial charge in [-0.2, -0.15) is 0 Å². The van der Waals surface area contributed by atoms with Crippen LogP contribution in [-0.4, -0.2) is 30.7 Å². The van der Waals surface area contributed by atoms with Gasteiger partial charge in [0.2, 0.25) is 0 Å². The standard InChI is InChI=1S/C15H24N2O3/c1-9(13(18)20-2)16-14(19)17-15-6-10-3-11(7-15)5-12(4-10)8-15/h9-12H,3-8H2,1-2H3,(H2,16,17,19)/t9-,10?,11?,12?,15?/m1/s1. The molecule has 4 aliphatic rings. The van der Waals surface area contributed by atoms with E-state index in [4.69, 9.17) is 0 Å². The van der Waals surface area contributed by atoms with Gasteiger partial charge < -0.3 is 15.4 Å². The topological polar surface area (TPSA) is 67.4 Å². The summed E-state index contributed by atoms with van der Waals surface area (Å²) in [6, 6.07) is -0.834. The first-order valence-corrected chi connectivity index (χ1v) is 7.66. The Hall–Kier alpha value is -1.26. The third kappa shape index (κ3) is 2.50. The Kier molecular flexibility index (Phi) is 3.38. The number of carbonyl (C=O) groups is 2. The fourth-order valence-electron chi connectivity index (χ4n) is 4.97. The molecule has 0 aliphatic heterocycles. The van der Waals surface area contributed by atoms with Crippen molar-refractivity contribution >= 4 is 12.0 Å². The highest BCUT2D eigenvalue weighted by Gasteiger charge is 2.51. The minimum absolute atomic E-state index is 0.0192. The van der Waals surface area contributed by atoms with Crippen LogP contribution >= 0.6 is 0 Å². The number of amides is 2. The van der Waals surface area contributed by atoms with Crippen molar-refractivity contribution in [3.63, 3.8) is 0 Å². The first kappa shape index (κ1) is 13.7. The van der Waals surface area contributed by atoms with Gasteiger partial charge in [0.05, 0.1) is 7.11 Å². The molecule has 5 heteroatoms. The van der Waals surface area contributed by atoms with Crippen molar-refractivity contribution in [1.82, 2.24) is 10.6 Å². The smallest absolute Gasteiger partial charge is 0.328 e. The molecule has 0 unspecified atom stereocenters. The fourth-order valence-corrected chi connectivity index (χ4v) is 4.97. The largest absolute Gasteiger partial charge is 0.467 e. The van der Waals surface area contributed by atoms with Crippen LogP contribution in [0.25, 0.3) is 0 Å². The summed E-state index contributed by atoms with van der Waals surface area (Å²) in [7, 11) is 1.33. The van der Waals surface area contributed by atoms with E-state index < -0.39 is 12.0 Å². The fraction of sp³-hybridized carbons (Fsp3) is 0.867. The lowest BCUT2D eigenvalue weighted by Crippen LogP contribution is -2.62. The van der Waals surface area contributed by atoms with Gasteiger partial charge in [-0.25, -0.2) is 9.59 Å². The molecule has 5 nitrogen and oxygen atoms in total. The molecule has 4 rings (SSSR count). The molecule has 4 aliphatic carbocycles. The lowest BCUT2D eigenvalue weighted by Gasteiger charge is -2.56. The van der Waals surface area contributed by atoms with Gasteiger partial charge >= 0.3 is 12.0 Å². The first-order valence-electron chi connectivity index (χ1n) is 7.66. The number of urea groups is 1. The number of nitrogens with one attached hydrogen (secondary N) is 2. The van der Waals surface area contributed by atoms with Crippen LogP contribution in [0.15, 0.2) is 0 Å². The van der Waals surface area contributed by atoms with E-state index in [-0.39, 0.29) is 11.6 Å². The molecule has 0 spiro atoms. The Labute approximate surface area is 119 Å². The molecular weight excluding hydrogens is 256 g/mol. The molecule has 0 heterocycles. The van der Waals surface area contributed by atoms with E-state index in [1.807, 2.05) is 0 Å². The molecule has 112 valence electrons. The predicted octanol–water partition coefficient (Wildman–Crippen LogP) is 1.82. The van der Waals surface area contributed by atoms with Crippen LogP contribution in [0, 0.1) is 17.8 Å². The van der Waals surface area contributed by atoms with Crippen molar-refractivity contribution in [3.8, 4) is 0 Å². The monoisotopic (exact) mass is 280 g/mol. The molecule has 1 atom stereocenters. The number of hydrogen-bond donors (Lipinski definition) is 2. The molecule has 0 radical (unpaired) electrons. The van der Waals surface area contributed by atoms with Gasteiger partial charge in [-0.3, -0.25) is 0 Å². The molecule has 4 fully saturated rings. The Morgan fingerprint density at radius 3 is 2.05 bits per heavy atom. The normalized spacial score (nSPS) is 39.2. The summed E-state index contributed by atoms with van der Waals surface area (Å²) in [5.41, 5.74) is -0.0192. The summed E-state index contributed by atoms with van der Waals surface area (Å²) in [5.74, 6) is 1.96. The number of hydrogen-bond acceptors (Lipinski definition) is 3. The second-order valence-electron chi connectivity index (χ2n) is 7.04. The molecule has 4 saturated carbocycles. The van der Waals surface area contributed by atoms with E-state index in [9.17, 15) is 9.59 Å².